The number of hydrogen-bond donors (Lipinski definition) is 1. The molecular formula is C12H14O4. The van der Waals surface area contributed by atoms with Crippen LogP contribution in [0.4, 0.5) is 0 Å². The second-order valence-corrected chi connectivity index (χ2v) is 4.01. The Morgan fingerprint density at radius 3 is 2.62 bits per heavy atom. The number of hydrogen-bond acceptors (Lipinski definition) is 3. The molecule has 1 aliphatic carbocycles. The summed E-state index contributed by atoms with van der Waals surface area (Å²) in [4.78, 5) is 33.2. The lowest BCUT2D eigenvalue weighted by Gasteiger charge is -2.24. The van der Waals surface area contributed by atoms with Crippen LogP contribution in [-0.2, 0) is 14.4 Å². The van der Waals surface area contributed by atoms with Gasteiger partial charge in [0.15, 0.2) is 11.6 Å². The summed E-state index contributed by atoms with van der Waals surface area (Å²) in [6, 6.07) is 0. The Hall–Kier alpha value is -1.71. The molecule has 1 N–H and O–H groups in total. The van der Waals surface area contributed by atoms with Crippen LogP contribution in [-0.4, -0.2) is 22.6 Å². The van der Waals surface area contributed by atoms with Crippen molar-refractivity contribution in [3.63, 3.8) is 0 Å². The first-order valence-electron chi connectivity index (χ1n) is 5.04. The van der Waals surface area contributed by atoms with Crippen molar-refractivity contribution in [2.24, 2.45) is 11.8 Å². The van der Waals surface area contributed by atoms with Crippen LogP contribution < -0.4 is 0 Å². The van der Waals surface area contributed by atoms with Crippen LogP contribution in [0.1, 0.15) is 20.3 Å². The van der Waals surface area contributed by atoms with Gasteiger partial charge in [0, 0.05) is 12.3 Å². The van der Waals surface area contributed by atoms with Crippen molar-refractivity contribution in [1.29, 1.82) is 0 Å². The third-order valence-corrected chi connectivity index (χ3v) is 2.59. The highest BCUT2D eigenvalue weighted by atomic mass is 16.4. The molecule has 86 valence electrons. The van der Waals surface area contributed by atoms with E-state index in [1.165, 1.54) is 25.2 Å². The SMILES string of the molecule is CC(=O)/C=C/[C@H]1CC(=O)C=C(C)[C@H]1C(=O)O. The van der Waals surface area contributed by atoms with E-state index < -0.39 is 17.8 Å². The monoisotopic (exact) mass is 222 g/mol. The number of carbonyl (C=O) groups excluding carboxylic acids is 2. The Morgan fingerprint density at radius 1 is 1.50 bits per heavy atom. The maximum Gasteiger partial charge on any atom is 0.311 e. The van der Waals surface area contributed by atoms with E-state index in [1.807, 2.05) is 0 Å². The molecule has 16 heavy (non-hydrogen) atoms. The second-order valence-electron chi connectivity index (χ2n) is 4.01. The molecular weight excluding hydrogens is 208 g/mol. The summed E-state index contributed by atoms with van der Waals surface area (Å²) >= 11 is 0. The molecule has 0 spiro atoms. The number of carboxylic acids is 1. The topological polar surface area (TPSA) is 71.4 Å². The summed E-state index contributed by atoms with van der Waals surface area (Å²) in [5.41, 5.74) is 0.543. The third-order valence-electron chi connectivity index (χ3n) is 2.59. The number of carboxylic acid groups (broad SMARTS) is 1. The minimum absolute atomic E-state index is 0.0896. The number of carbonyl (C=O) groups is 3. The molecule has 0 aromatic heterocycles. The Labute approximate surface area is 93.6 Å². The summed E-state index contributed by atoms with van der Waals surface area (Å²) < 4.78 is 0. The minimum atomic E-state index is -0.959. The summed E-state index contributed by atoms with van der Waals surface area (Å²) in [6.07, 6.45) is 4.37. The van der Waals surface area contributed by atoms with Gasteiger partial charge in [0.1, 0.15) is 0 Å². The Kier molecular flexibility index (Phi) is 3.77. The standard InChI is InChI=1S/C12H14O4/c1-7-5-10(14)6-9(4-3-8(2)13)11(7)12(15)16/h3-5,9,11H,6H2,1-2H3,(H,15,16)/b4-3+/t9-,11+/m0/s1. The molecule has 0 aromatic carbocycles. The number of allylic oxidation sites excluding steroid dienone is 3. The first-order chi connectivity index (χ1) is 7.41. The molecule has 0 radical (unpaired) electrons. The van der Waals surface area contributed by atoms with Crippen molar-refractivity contribution in [1.82, 2.24) is 0 Å². The van der Waals surface area contributed by atoms with Gasteiger partial charge in [-0.3, -0.25) is 14.4 Å². The lowest BCUT2D eigenvalue weighted by Crippen LogP contribution is -2.29. The van der Waals surface area contributed by atoms with Gasteiger partial charge in [-0.2, -0.15) is 0 Å². The maximum atomic E-state index is 11.3. The predicted molar refractivity (Wildman–Crippen MR) is 57.8 cm³/mol. The van der Waals surface area contributed by atoms with Gasteiger partial charge in [0.25, 0.3) is 0 Å². The van der Waals surface area contributed by atoms with Crippen LogP contribution >= 0.6 is 0 Å². The molecule has 0 saturated carbocycles. The van der Waals surface area contributed by atoms with Crippen molar-refractivity contribution < 1.29 is 19.5 Å². The molecule has 0 saturated heterocycles. The highest BCUT2D eigenvalue weighted by Gasteiger charge is 2.32. The normalized spacial score (nSPS) is 25.6. The molecule has 0 unspecified atom stereocenters. The smallest absolute Gasteiger partial charge is 0.311 e. The highest BCUT2D eigenvalue weighted by molar-refractivity contribution is 5.94. The van der Waals surface area contributed by atoms with Gasteiger partial charge in [-0.1, -0.05) is 11.6 Å². The maximum absolute atomic E-state index is 11.3. The van der Waals surface area contributed by atoms with E-state index in [2.05, 4.69) is 0 Å². The zero-order valence-electron chi connectivity index (χ0n) is 9.27. The van der Waals surface area contributed by atoms with Crippen molar-refractivity contribution >= 4 is 17.5 Å². The minimum Gasteiger partial charge on any atom is -0.481 e. The zero-order valence-corrected chi connectivity index (χ0v) is 9.27. The van der Waals surface area contributed by atoms with E-state index >= 15 is 0 Å². The molecule has 4 heteroatoms. The van der Waals surface area contributed by atoms with Crippen LogP contribution in [0.3, 0.4) is 0 Å². The van der Waals surface area contributed by atoms with Crippen molar-refractivity contribution in [2.45, 2.75) is 20.3 Å². The van der Waals surface area contributed by atoms with Crippen LogP contribution in [0, 0.1) is 11.8 Å². The first-order valence-corrected chi connectivity index (χ1v) is 5.04. The molecule has 0 bridgehead atoms. The molecule has 4 nitrogen and oxygen atoms in total. The van der Waals surface area contributed by atoms with Gasteiger partial charge in [-0.05, 0) is 26.0 Å². The van der Waals surface area contributed by atoms with Crippen LogP contribution in [0.2, 0.25) is 0 Å². The molecule has 0 amide bonds. The average Bonchev–Trinajstić information content (AvgIpc) is 2.12. The van der Waals surface area contributed by atoms with Crippen LogP contribution in [0.15, 0.2) is 23.8 Å². The van der Waals surface area contributed by atoms with E-state index in [1.54, 1.807) is 6.92 Å². The number of rotatable bonds is 3. The Bertz CT molecular complexity index is 390. The highest BCUT2D eigenvalue weighted by Crippen LogP contribution is 2.30. The lowest BCUT2D eigenvalue weighted by molar-refractivity contribution is -0.142. The zero-order chi connectivity index (χ0) is 12.3. The lowest BCUT2D eigenvalue weighted by atomic mass is 9.78. The quantitative estimate of drug-likeness (QED) is 0.732. The van der Waals surface area contributed by atoms with E-state index in [4.69, 9.17) is 5.11 Å². The van der Waals surface area contributed by atoms with Crippen molar-refractivity contribution in [3.8, 4) is 0 Å². The number of ketones is 2. The fourth-order valence-electron chi connectivity index (χ4n) is 1.91. The predicted octanol–water partition coefficient (Wildman–Crippen LogP) is 1.37. The summed E-state index contributed by atoms with van der Waals surface area (Å²) in [7, 11) is 0. The molecule has 0 heterocycles. The fourth-order valence-corrected chi connectivity index (χ4v) is 1.91. The first kappa shape index (κ1) is 12.4. The molecule has 2 atom stereocenters. The van der Waals surface area contributed by atoms with Crippen molar-refractivity contribution in [2.75, 3.05) is 0 Å². The van der Waals surface area contributed by atoms with E-state index in [9.17, 15) is 14.4 Å². The third kappa shape index (κ3) is 2.89. The van der Waals surface area contributed by atoms with Crippen LogP contribution in [0.5, 0.6) is 0 Å². The van der Waals surface area contributed by atoms with Crippen molar-refractivity contribution in [3.05, 3.63) is 23.8 Å². The van der Waals surface area contributed by atoms with Crippen LogP contribution in [0.25, 0.3) is 0 Å². The number of aliphatic carboxylic acids is 1. The molecule has 0 fully saturated rings. The fraction of sp³-hybridized carbons (Fsp3) is 0.417. The largest absolute Gasteiger partial charge is 0.481 e. The summed E-state index contributed by atoms with van der Waals surface area (Å²) in [5.74, 6) is -2.32. The molecule has 1 aliphatic rings. The van der Waals surface area contributed by atoms with Gasteiger partial charge in [0.05, 0.1) is 5.92 Å². The summed E-state index contributed by atoms with van der Waals surface area (Å²) in [5, 5.41) is 9.06. The Balaban J connectivity index is 2.98. The van der Waals surface area contributed by atoms with Gasteiger partial charge in [-0.25, -0.2) is 0 Å². The molecule has 0 aromatic rings. The Morgan fingerprint density at radius 2 is 2.12 bits per heavy atom. The average molecular weight is 222 g/mol. The van der Waals surface area contributed by atoms with E-state index in [0.717, 1.165) is 0 Å². The second kappa shape index (κ2) is 4.88. The molecule has 1 rings (SSSR count). The molecule has 0 aliphatic heterocycles. The van der Waals surface area contributed by atoms with Gasteiger partial charge in [0.2, 0.25) is 0 Å². The van der Waals surface area contributed by atoms with E-state index in [0.29, 0.717) is 5.57 Å². The summed E-state index contributed by atoms with van der Waals surface area (Å²) in [6.45, 7) is 3.02. The van der Waals surface area contributed by atoms with Gasteiger partial charge >= 0.3 is 5.97 Å². The van der Waals surface area contributed by atoms with Gasteiger partial charge in [-0.15, -0.1) is 0 Å². The van der Waals surface area contributed by atoms with Gasteiger partial charge < -0.3 is 5.11 Å². The van der Waals surface area contributed by atoms with E-state index in [-0.39, 0.29) is 18.0 Å².